The van der Waals surface area contributed by atoms with Crippen molar-refractivity contribution in [2.75, 3.05) is 0 Å². The average molecular weight is 288 g/mol. The Bertz CT molecular complexity index is 568. The Balaban J connectivity index is 1.66. The summed E-state index contributed by atoms with van der Waals surface area (Å²) in [4.78, 5) is 0. The first kappa shape index (κ1) is 14.3. The molecule has 2 aromatic rings. The third-order valence-corrected chi connectivity index (χ3v) is 4.29. The number of rotatable bonds is 6. The minimum Gasteiger partial charge on any atom is -0.386 e. The van der Waals surface area contributed by atoms with E-state index in [-0.39, 0.29) is 0 Å². The molecule has 1 atom stereocenters. The maximum absolute atomic E-state index is 10.4. The fraction of sp³-hybridized carbons (Fsp3) is 0.625. The highest BCUT2D eigenvalue weighted by Gasteiger charge is 2.19. The van der Waals surface area contributed by atoms with Crippen molar-refractivity contribution in [1.82, 2.24) is 19.6 Å². The third-order valence-electron chi connectivity index (χ3n) is 4.29. The zero-order valence-corrected chi connectivity index (χ0v) is 12.6. The maximum Gasteiger partial charge on any atom is 0.101 e. The lowest BCUT2D eigenvalue weighted by Crippen LogP contribution is -2.12. The van der Waals surface area contributed by atoms with Crippen LogP contribution in [-0.2, 0) is 13.0 Å². The van der Waals surface area contributed by atoms with Gasteiger partial charge in [-0.1, -0.05) is 19.8 Å². The van der Waals surface area contributed by atoms with Gasteiger partial charge in [-0.15, -0.1) is 0 Å². The van der Waals surface area contributed by atoms with Crippen molar-refractivity contribution >= 4 is 0 Å². The van der Waals surface area contributed by atoms with E-state index in [0.29, 0.717) is 12.5 Å². The van der Waals surface area contributed by atoms with Crippen LogP contribution in [0.15, 0.2) is 24.5 Å². The van der Waals surface area contributed by atoms with Gasteiger partial charge >= 0.3 is 0 Å². The predicted octanol–water partition coefficient (Wildman–Crippen LogP) is 2.88. The van der Waals surface area contributed by atoms with Crippen molar-refractivity contribution in [2.45, 2.75) is 64.1 Å². The monoisotopic (exact) mass is 288 g/mol. The molecule has 0 radical (unpaired) electrons. The molecule has 1 unspecified atom stereocenters. The highest BCUT2D eigenvalue weighted by molar-refractivity contribution is 5.10. The van der Waals surface area contributed by atoms with Crippen LogP contribution in [0.2, 0.25) is 0 Å². The molecule has 1 N–H and O–H groups in total. The van der Waals surface area contributed by atoms with Crippen LogP contribution in [-0.4, -0.2) is 24.7 Å². The minimum absolute atomic E-state index is 0.536. The molecular weight excluding hydrogens is 264 g/mol. The summed E-state index contributed by atoms with van der Waals surface area (Å²) in [6.45, 7) is 2.96. The van der Waals surface area contributed by atoms with Crippen LogP contribution in [0.4, 0.5) is 0 Å². The van der Waals surface area contributed by atoms with Gasteiger partial charge in [0.25, 0.3) is 0 Å². The summed E-state index contributed by atoms with van der Waals surface area (Å²) < 4.78 is 3.97. The Hall–Kier alpha value is -1.62. The van der Waals surface area contributed by atoms with Gasteiger partial charge in [0.05, 0.1) is 17.4 Å². The van der Waals surface area contributed by atoms with Crippen LogP contribution < -0.4 is 0 Å². The van der Waals surface area contributed by atoms with Gasteiger partial charge in [0.1, 0.15) is 6.10 Å². The second-order valence-electron chi connectivity index (χ2n) is 5.92. The van der Waals surface area contributed by atoms with Crippen LogP contribution in [0.5, 0.6) is 0 Å². The van der Waals surface area contributed by atoms with Crippen molar-refractivity contribution in [3.05, 3.63) is 35.9 Å². The van der Waals surface area contributed by atoms with Crippen LogP contribution >= 0.6 is 0 Å². The highest BCUT2D eigenvalue weighted by Crippen LogP contribution is 2.29. The Kier molecular flexibility index (Phi) is 4.39. The molecule has 0 bridgehead atoms. The summed E-state index contributed by atoms with van der Waals surface area (Å²) in [6, 6.07) is 4.48. The molecule has 21 heavy (non-hydrogen) atoms. The van der Waals surface area contributed by atoms with Crippen molar-refractivity contribution in [1.29, 1.82) is 0 Å². The smallest absolute Gasteiger partial charge is 0.101 e. The molecule has 114 valence electrons. The fourth-order valence-electron chi connectivity index (χ4n) is 3.19. The standard InChI is InChI=1S/C16H24N4O/c1-2-10-20-15(7-9-17-20)16(21)12-13-8-11-19(18-13)14-5-3-4-6-14/h7-9,11,14,16,21H,2-6,10,12H2,1H3. The summed E-state index contributed by atoms with van der Waals surface area (Å²) in [6.07, 6.45) is 9.91. The van der Waals surface area contributed by atoms with Gasteiger partial charge in [-0.3, -0.25) is 9.36 Å². The van der Waals surface area contributed by atoms with Gasteiger partial charge in [-0.05, 0) is 31.4 Å². The van der Waals surface area contributed by atoms with E-state index in [1.165, 1.54) is 25.7 Å². The van der Waals surface area contributed by atoms with E-state index in [9.17, 15) is 5.11 Å². The second kappa shape index (κ2) is 6.43. The Morgan fingerprint density at radius 2 is 2.14 bits per heavy atom. The summed E-state index contributed by atoms with van der Waals surface area (Å²) in [5.41, 5.74) is 1.84. The fourth-order valence-corrected chi connectivity index (χ4v) is 3.19. The Morgan fingerprint density at radius 3 is 2.90 bits per heavy atom. The van der Waals surface area contributed by atoms with Gasteiger partial charge in [-0.25, -0.2) is 0 Å². The van der Waals surface area contributed by atoms with Crippen LogP contribution in [0.1, 0.15) is 62.6 Å². The number of aryl methyl sites for hydroxylation is 1. The molecule has 0 aliphatic heterocycles. The molecule has 5 heteroatoms. The molecule has 2 aromatic heterocycles. The van der Waals surface area contributed by atoms with Crippen molar-refractivity contribution < 1.29 is 5.11 Å². The molecule has 2 heterocycles. The van der Waals surface area contributed by atoms with E-state index in [1.807, 2.05) is 16.8 Å². The third kappa shape index (κ3) is 3.18. The van der Waals surface area contributed by atoms with Crippen LogP contribution in [0.3, 0.4) is 0 Å². The molecule has 0 spiro atoms. The normalized spacial score (nSPS) is 17.4. The largest absolute Gasteiger partial charge is 0.386 e. The van der Waals surface area contributed by atoms with Gasteiger partial charge in [0.15, 0.2) is 0 Å². The van der Waals surface area contributed by atoms with Crippen LogP contribution in [0, 0.1) is 0 Å². The number of nitrogens with zero attached hydrogens (tertiary/aromatic N) is 4. The molecule has 5 nitrogen and oxygen atoms in total. The topological polar surface area (TPSA) is 55.9 Å². The molecule has 1 aliphatic rings. The van der Waals surface area contributed by atoms with Gasteiger partial charge < -0.3 is 5.11 Å². The number of hydrogen-bond donors (Lipinski definition) is 1. The zero-order valence-electron chi connectivity index (χ0n) is 12.6. The SMILES string of the molecule is CCCn1nccc1C(O)Cc1ccn(C2CCCC2)n1. The molecule has 0 saturated heterocycles. The first-order valence-electron chi connectivity index (χ1n) is 8.01. The van der Waals surface area contributed by atoms with Gasteiger partial charge in [0.2, 0.25) is 0 Å². The highest BCUT2D eigenvalue weighted by atomic mass is 16.3. The number of aromatic nitrogens is 4. The quantitative estimate of drug-likeness (QED) is 0.889. The lowest BCUT2D eigenvalue weighted by molar-refractivity contribution is 0.165. The summed E-state index contributed by atoms with van der Waals surface area (Å²) in [5, 5.41) is 19.3. The molecule has 3 rings (SSSR count). The number of aliphatic hydroxyl groups is 1. The Labute approximate surface area is 125 Å². The van der Waals surface area contributed by atoms with E-state index in [0.717, 1.165) is 24.4 Å². The van der Waals surface area contributed by atoms with E-state index >= 15 is 0 Å². The second-order valence-corrected chi connectivity index (χ2v) is 5.92. The zero-order chi connectivity index (χ0) is 14.7. The van der Waals surface area contributed by atoms with Gasteiger partial charge in [-0.2, -0.15) is 10.2 Å². The van der Waals surface area contributed by atoms with E-state index < -0.39 is 6.10 Å². The van der Waals surface area contributed by atoms with Crippen LogP contribution in [0.25, 0.3) is 0 Å². The van der Waals surface area contributed by atoms with E-state index in [4.69, 9.17) is 0 Å². The van der Waals surface area contributed by atoms with Crippen molar-refractivity contribution in [3.8, 4) is 0 Å². The first-order chi connectivity index (χ1) is 10.3. The number of aliphatic hydroxyl groups excluding tert-OH is 1. The lowest BCUT2D eigenvalue weighted by atomic mass is 10.1. The molecule has 0 aromatic carbocycles. The van der Waals surface area contributed by atoms with Crippen molar-refractivity contribution in [3.63, 3.8) is 0 Å². The summed E-state index contributed by atoms with van der Waals surface area (Å²) in [7, 11) is 0. The van der Waals surface area contributed by atoms with Gasteiger partial charge in [0, 0.05) is 25.4 Å². The number of hydrogen-bond acceptors (Lipinski definition) is 3. The van der Waals surface area contributed by atoms with E-state index in [1.54, 1.807) is 6.20 Å². The van der Waals surface area contributed by atoms with Crippen molar-refractivity contribution in [2.24, 2.45) is 0 Å². The maximum atomic E-state index is 10.4. The molecule has 1 fully saturated rings. The predicted molar refractivity (Wildman–Crippen MR) is 80.9 cm³/mol. The minimum atomic E-state index is -0.536. The summed E-state index contributed by atoms with van der Waals surface area (Å²) in [5.74, 6) is 0. The molecule has 1 aliphatic carbocycles. The lowest BCUT2D eigenvalue weighted by Gasteiger charge is -2.12. The molecule has 0 amide bonds. The first-order valence-corrected chi connectivity index (χ1v) is 8.01. The molecular formula is C16H24N4O. The average Bonchev–Trinajstić information content (AvgIpc) is 3.20. The molecule has 1 saturated carbocycles. The van der Waals surface area contributed by atoms with E-state index in [2.05, 4.69) is 28.0 Å². The Morgan fingerprint density at radius 1 is 1.33 bits per heavy atom. The summed E-state index contributed by atoms with van der Waals surface area (Å²) >= 11 is 0.